The first-order valence-corrected chi connectivity index (χ1v) is 43.1. The largest absolute Gasteiger partial charge is 0.456 e. The Labute approximate surface area is 755 Å². The fourth-order valence-electron chi connectivity index (χ4n) is 14.8. The summed E-state index contributed by atoms with van der Waals surface area (Å²) in [6.45, 7) is 15.6. The SMILES string of the molecule is CC(=O)N[C@H]1[C@H]2OC[C@](COCCOCCOCCOCCn3cc(COCC(COCc4cn(CCOCCOCCOCCOC[C@@]56CO[C@@H](O5)[C@H](NC(C)=O)[C@@H](OC(C)=O)[C@H]6OC(C)=O)nn4)(COCc4cn(CCOCCOCCOCCOC[C@@]56CO[C@@H](O5)[C@H](NC(C)=O)[C@@H](OC(C)=O)[C@H]6OC(C)=O)nn4)NC(=O)CCCO)nn3)(O2)[C@H](OC(C)=O)[C@@H]1OC(C)=O. The van der Waals surface area contributed by atoms with Gasteiger partial charge in [0.25, 0.3) is 0 Å². The molecule has 3 aromatic rings. The van der Waals surface area contributed by atoms with Crippen molar-refractivity contribution in [3.63, 3.8) is 0 Å². The number of ether oxygens (including phenoxy) is 27. The molecule has 5 N–H and O–H groups in total. The molecule has 6 saturated heterocycles. The van der Waals surface area contributed by atoms with Crippen LogP contribution in [0.1, 0.15) is 92.2 Å². The molecule has 4 amide bonds. The molecule has 0 aromatic carbocycles. The fraction of sp³-hybridized carbons (Fsp3) is 0.800. The Morgan fingerprint density at radius 2 is 0.618 bits per heavy atom. The minimum atomic E-state index is -1.35. The Hall–Kier alpha value is -8.76. The van der Waals surface area contributed by atoms with Gasteiger partial charge in [0.1, 0.15) is 40.7 Å². The van der Waals surface area contributed by atoms with E-state index >= 15 is 0 Å². The zero-order chi connectivity index (χ0) is 94.0. The second kappa shape index (κ2) is 55.2. The van der Waals surface area contributed by atoms with Gasteiger partial charge in [-0.05, 0) is 6.42 Å². The van der Waals surface area contributed by atoms with Crippen LogP contribution in [0, 0.1) is 0 Å². The maximum atomic E-state index is 13.7. The van der Waals surface area contributed by atoms with Crippen molar-refractivity contribution >= 4 is 59.4 Å². The molecule has 0 spiro atoms. The highest BCUT2D eigenvalue weighted by atomic mass is 16.8. The summed E-state index contributed by atoms with van der Waals surface area (Å²) in [5.41, 5.74) is -3.93. The maximum absolute atomic E-state index is 13.7. The van der Waals surface area contributed by atoms with Gasteiger partial charge in [-0.3, -0.25) is 47.9 Å². The van der Waals surface area contributed by atoms with Gasteiger partial charge in [0.05, 0.1) is 256 Å². The molecule has 0 radical (unpaired) electrons. The smallest absolute Gasteiger partial charge is 0.303 e. The molecule has 131 heavy (non-hydrogen) atoms. The monoisotopic (exact) mass is 1880 g/mol. The van der Waals surface area contributed by atoms with Crippen LogP contribution in [-0.4, -0.2) is 410 Å². The molecule has 738 valence electrons. The van der Waals surface area contributed by atoms with E-state index in [1.807, 2.05) is 0 Å². The van der Waals surface area contributed by atoms with E-state index in [0.29, 0.717) is 36.7 Å². The summed E-state index contributed by atoms with van der Waals surface area (Å²) in [6, 6.07) is -2.83. The molecule has 0 aliphatic carbocycles. The lowest BCUT2D eigenvalue weighted by molar-refractivity contribution is -0.251. The quantitative estimate of drug-likeness (QED) is 0.0203. The van der Waals surface area contributed by atoms with Crippen LogP contribution in [0.15, 0.2) is 18.6 Å². The third kappa shape index (κ3) is 34.9. The van der Waals surface area contributed by atoms with Crippen molar-refractivity contribution in [2.75, 3.05) is 205 Å². The van der Waals surface area contributed by atoms with Gasteiger partial charge in [-0.25, -0.2) is 14.0 Å². The van der Waals surface area contributed by atoms with Crippen molar-refractivity contribution in [3.8, 4) is 0 Å². The first kappa shape index (κ1) is 106. The van der Waals surface area contributed by atoms with Crippen LogP contribution < -0.4 is 21.3 Å². The van der Waals surface area contributed by atoms with Crippen LogP contribution in [0.2, 0.25) is 0 Å². The van der Waals surface area contributed by atoms with Crippen LogP contribution in [0.4, 0.5) is 0 Å². The molecule has 51 heteroatoms. The summed E-state index contributed by atoms with van der Waals surface area (Å²) in [7, 11) is 0. The molecule has 9 rings (SSSR count). The molecule has 15 atom stereocenters. The summed E-state index contributed by atoms with van der Waals surface area (Å²) in [5, 5.41) is 46.3. The van der Waals surface area contributed by atoms with E-state index in [-0.39, 0.29) is 237 Å². The van der Waals surface area contributed by atoms with Crippen molar-refractivity contribution in [1.29, 1.82) is 0 Å². The number of aliphatic hydroxyl groups excluding tert-OH is 1. The number of aliphatic hydroxyl groups is 1. The Kier molecular flexibility index (Phi) is 44.6. The number of fused-ring (bicyclic) bond motifs is 6. The molecular weight excluding hydrogens is 1750 g/mol. The van der Waals surface area contributed by atoms with E-state index in [2.05, 4.69) is 52.2 Å². The summed E-state index contributed by atoms with van der Waals surface area (Å²) < 4.78 is 162. The molecule has 0 unspecified atom stereocenters. The van der Waals surface area contributed by atoms with E-state index in [1.165, 1.54) is 62.3 Å². The van der Waals surface area contributed by atoms with Gasteiger partial charge in [-0.1, -0.05) is 15.6 Å². The Morgan fingerprint density at radius 3 is 0.863 bits per heavy atom. The zero-order valence-electron chi connectivity index (χ0n) is 75.3. The lowest BCUT2D eigenvalue weighted by Crippen LogP contribution is -2.68. The topological polar surface area (TPSA) is 580 Å². The van der Waals surface area contributed by atoms with E-state index in [4.69, 9.17) is 128 Å². The molecule has 9 heterocycles. The minimum Gasteiger partial charge on any atom is -0.456 e. The molecule has 6 aliphatic heterocycles. The highest BCUT2D eigenvalue weighted by Gasteiger charge is 2.66. The first-order valence-electron chi connectivity index (χ1n) is 43.1. The molecule has 3 aromatic heterocycles. The summed E-state index contributed by atoms with van der Waals surface area (Å²) in [5.74, 6) is -5.65. The van der Waals surface area contributed by atoms with Gasteiger partial charge < -0.3 is 154 Å². The van der Waals surface area contributed by atoms with Crippen LogP contribution in [0.3, 0.4) is 0 Å². The van der Waals surface area contributed by atoms with Crippen molar-refractivity contribution < 1.29 is 181 Å². The van der Waals surface area contributed by atoms with Crippen molar-refractivity contribution in [2.24, 2.45) is 0 Å². The highest BCUT2D eigenvalue weighted by Crippen LogP contribution is 2.44. The zero-order valence-corrected chi connectivity index (χ0v) is 75.3. The van der Waals surface area contributed by atoms with Crippen molar-refractivity contribution in [2.45, 2.75) is 211 Å². The van der Waals surface area contributed by atoms with Crippen LogP contribution >= 0.6 is 0 Å². The van der Waals surface area contributed by atoms with E-state index in [0.717, 1.165) is 0 Å². The standard InChI is InChI=1S/C80H125N13O38/c1-52(95)81-65-68(123-55(4)98)71(126-58(7)101)78(49-120-74(65)129-78)46-114-34-31-111-28-25-108-22-19-105-16-12-91-37-61(85-88-91)40-117-43-77(84-64(104)11-10-15-94,44-118-41-62-38-92(89-86-62)13-17-106-20-23-109-26-29-112-32-35-115-47-79-50-121-75(130-79)66(82-53(2)96)69(124-56(5)99)72(79)127-59(8)102)45-119-42-63-39-93(90-87-63)14-18-107-21-24-110-27-30-113-33-36-116-48-80-51-122-76(131-80)67(83-54(3)97)70(125-57(6)100)73(80)128-60(9)103/h37-39,65-76,94H,10-36,40-51H2,1-9H3,(H,81,95)(H,82,96)(H,83,97)(H,84,104)/t65-,66-,67-,68-,69-,70-,71-,72-,73-,74+,75+,76+,78+,79+,80+/m1/s1. The second-order valence-electron chi connectivity index (χ2n) is 31.3. The molecule has 0 saturated carbocycles. The molecular formula is C80H125N13O38. The number of amides is 4. The van der Waals surface area contributed by atoms with Crippen molar-refractivity contribution in [1.82, 2.24) is 66.2 Å². The minimum absolute atomic E-state index is 0.0274. The van der Waals surface area contributed by atoms with Crippen LogP contribution in [0.25, 0.3) is 0 Å². The number of carbonyl (C=O) groups is 10. The van der Waals surface area contributed by atoms with E-state index in [1.54, 1.807) is 32.6 Å². The maximum Gasteiger partial charge on any atom is 0.303 e. The summed E-state index contributed by atoms with van der Waals surface area (Å²) in [6.07, 6.45) is -4.52. The third-order valence-electron chi connectivity index (χ3n) is 20.2. The lowest BCUT2D eigenvalue weighted by atomic mass is 9.87. The second-order valence-corrected chi connectivity index (χ2v) is 31.3. The number of nitrogens with one attached hydrogen (secondary N) is 4. The third-order valence-corrected chi connectivity index (χ3v) is 20.2. The Morgan fingerprint density at radius 1 is 0.366 bits per heavy atom. The van der Waals surface area contributed by atoms with E-state index in [9.17, 15) is 53.1 Å². The van der Waals surface area contributed by atoms with Gasteiger partial charge >= 0.3 is 35.8 Å². The molecule has 6 fully saturated rings. The first-order chi connectivity index (χ1) is 63.1. The van der Waals surface area contributed by atoms with Crippen molar-refractivity contribution in [3.05, 3.63) is 35.7 Å². The van der Waals surface area contributed by atoms with Crippen LogP contribution in [0.5, 0.6) is 0 Å². The lowest BCUT2D eigenvalue weighted by Gasteiger charge is -2.45. The number of rotatable bonds is 67. The Balaban J connectivity index is 0.677. The van der Waals surface area contributed by atoms with Gasteiger partial charge in [0.15, 0.2) is 72.3 Å². The average Bonchev–Trinajstić information content (AvgIpc) is 1.62. The molecule has 51 nitrogen and oxygen atoms in total. The van der Waals surface area contributed by atoms with Crippen LogP contribution in [-0.2, 0) is 215 Å². The molecule has 6 bridgehead atoms. The highest BCUT2D eigenvalue weighted by molar-refractivity contribution is 5.77. The number of hydrogen-bond acceptors (Lipinski definition) is 44. The fourth-order valence-corrected chi connectivity index (χ4v) is 14.8. The normalized spacial score (nSPS) is 24.7. The van der Waals surface area contributed by atoms with Gasteiger partial charge in [0.2, 0.25) is 23.6 Å². The number of nitrogens with zero attached hydrogens (tertiary/aromatic N) is 9. The predicted molar refractivity (Wildman–Crippen MR) is 433 cm³/mol. The number of carbonyl (C=O) groups excluding carboxylic acids is 10. The summed E-state index contributed by atoms with van der Waals surface area (Å²) in [4.78, 5) is 123. The van der Waals surface area contributed by atoms with Gasteiger partial charge in [-0.15, -0.1) is 15.3 Å². The molecule has 6 aliphatic rings. The van der Waals surface area contributed by atoms with E-state index < -0.39 is 155 Å². The van der Waals surface area contributed by atoms with Gasteiger partial charge in [-0.2, -0.15) is 0 Å². The summed E-state index contributed by atoms with van der Waals surface area (Å²) >= 11 is 0. The predicted octanol–water partition coefficient (Wildman–Crippen LogP) is -4.28. The number of esters is 6. The number of hydrogen-bond donors (Lipinski definition) is 5. The van der Waals surface area contributed by atoms with Gasteiger partial charge in [0, 0.05) is 75.3 Å². The Bertz CT molecular complexity index is 3640. The number of aromatic nitrogens is 9. The average molecular weight is 1880 g/mol.